The van der Waals surface area contributed by atoms with E-state index in [1.165, 1.54) is 69.8 Å². The van der Waals surface area contributed by atoms with E-state index >= 15 is 0 Å². The molecule has 2 heteroatoms. The number of hydrogen-bond acceptors (Lipinski definition) is 2. The number of esters is 1. The van der Waals surface area contributed by atoms with Crippen LogP contribution >= 0.6 is 0 Å². The van der Waals surface area contributed by atoms with Crippen LogP contribution in [0.5, 0.6) is 0 Å². The zero-order valence-electron chi connectivity index (χ0n) is 15.3. The van der Waals surface area contributed by atoms with Gasteiger partial charge < -0.3 is 4.74 Å². The molecule has 0 N–H and O–H groups in total. The van der Waals surface area contributed by atoms with Gasteiger partial charge in [0.05, 0.1) is 0 Å². The van der Waals surface area contributed by atoms with Gasteiger partial charge in [-0.1, -0.05) is 83.1 Å². The van der Waals surface area contributed by atoms with Gasteiger partial charge in [0.2, 0.25) is 0 Å². The fraction of sp³-hybridized carbons (Fsp3) is 0.850. The van der Waals surface area contributed by atoms with Gasteiger partial charge in [0, 0.05) is 6.42 Å². The lowest BCUT2D eigenvalue weighted by molar-refractivity contribution is -0.142. The maximum atomic E-state index is 11.5. The fourth-order valence-electron chi connectivity index (χ4n) is 2.48. The lowest BCUT2D eigenvalue weighted by atomic mass is 10.0. The van der Waals surface area contributed by atoms with Gasteiger partial charge in [0.25, 0.3) is 0 Å². The van der Waals surface area contributed by atoms with Crippen molar-refractivity contribution in [3.05, 3.63) is 11.6 Å². The van der Waals surface area contributed by atoms with Crippen LogP contribution in [-0.4, -0.2) is 12.6 Å². The molecule has 0 aromatic carbocycles. The molecular formula is C20H38O2. The first-order valence-corrected chi connectivity index (χ1v) is 9.45. The Kier molecular flexibility index (Phi) is 16.0. The van der Waals surface area contributed by atoms with Crippen molar-refractivity contribution in [3.63, 3.8) is 0 Å². The van der Waals surface area contributed by atoms with Crippen LogP contribution < -0.4 is 0 Å². The van der Waals surface area contributed by atoms with Crippen LogP contribution in [0.2, 0.25) is 0 Å². The first-order chi connectivity index (χ1) is 10.7. The summed E-state index contributed by atoms with van der Waals surface area (Å²) in [5.74, 6) is -0.0513. The number of carbonyl (C=O) groups is 1. The van der Waals surface area contributed by atoms with Crippen LogP contribution in [0.25, 0.3) is 0 Å². The van der Waals surface area contributed by atoms with Crippen molar-refractivity contribution in [3.8, 4) is 0 Å². The molecule has 22 heavy (non-hydrogen) atoms. The lowest BCUT2D eigenvalue weighted by Gasteiger charge is -2.03. The van der Waals surface area contributed by atoms with Crippen molar-refractivity contribution >= 4 is 5.97 Å². The maximum absolute atomic E-state index is 11.5. The maximum Gasteiger partial charge on any atom is 0.306 e. The molecule has 0 aromatic rings. The van der Waals surface area contributed by atoms with E-state index in [9.17, 15) is 4.79 Å². The Morgan fingerprint density at radius 1 is 0.773 bits per heavy atom. The van der Waals surface area contributed by atoms with Crippen molar-refractivity contribution in [1.82, 2.24) is 0 Å². The van der Waals surface area contributed by atoms with E-state index in [0.29, 0.717) is 13.0 Å². The number of unbranched alkanes of at least 4 members (excludes halogenated alkanes) is 11. The summed E-state index contributed by atoms with van der Waals surface area (Å²) in [4.78, 5) is 11.5. The summed E-state index contributed by atoms with van der Waals surface area (Å²) in [6, 6.07) is 0. The number of carbonyl (C=O) groups excluding carboxylic acids is 1. The Hall–Kier alpha value is -0.790. The Morgan fingerprint density at radius 3 is 1.68 bits per heavy atom. The largest absolute Gasteiger partial charge is 0.461 e. The first kappa shape index (κ1) is 21.2. The molecule has 0 saturated heterocycles. The van der Waals surface area contributed by atoms with Gasteiger partial charge in [-0.3, -0.25) is 4.79 Å². The first-order valence-electron chi connectivity index (χ1n) is 9.45. The minimum absolute atomic E-state index is 0.0513. The fourth-order valence-corrected chi connectivity index (χ4v) is 2.48. The van der Waals surface area contributed by atoms with Crippen LogP contribution in [0.3, 0.4) is 0 Å². The van der Waals surface area contributed by atoms with Crippen LogP contribution in [0, 0.1) is 0 Å². The smallest absolute Gasteiger partial charge is 0.306 e. The van der Waals surface area contributed by atoms with Gasteiger partial charge in [0.1, 0.15) is 6.61 Å². The third kappa shape index (κ3) is 17.3. The highest BCUT2D eigenvalue weighted by molar-refractivity contribution is 5.69. The third-order valence-corrected chi connectivity index (χ3v) is 3.97. The second kappa shape index (κ2) is 16.6. The van der Waals surface area contributed by atoms with E-state index in [-0.39, 0.29) is 5.97 Å². The molecule has 0 radical (unpaired) electrons. The molecule has 0 amide bonds. The summed E-state index contributed by atoms with van der Waals surface area (Å²) in [6.45, 7) is 6.72. The second-order valence-electron chi connectivity index (χ2n) is 6.60. The topological polar surface area (TPSA) is 26.3 Å². The summed E-state index contributed by atoms with van der Waals surface area (Å²) in [5.41, 5.74) is 1.19. The highest BCUT2D eigenvalue weighted by atomic mass is 16.5. The number of rotatable bonds is 15. The SMILES string of the molecule is CCCCCCCCCCCCCCC(=O)OCC=C(C)C. The van der Waals surface area contributed by atoms with Crippen LogP contribution in [0.15, 0.2) is 11.6 Å². The molecule has 0 atom stereocenters. The van der Waals surface area contributed by atoms with Crippen LogP contribution in [0.1, 0.15) is 104 Å². The Labute approximate surface area is 138 Å². The molecule has 0 saturated carbocycles. The Bertz CT molecular complexity index is 277. The average Bonchev–Trinajstić information content (AvgIpc) is 2.48. The summed E-state index contributed by atoms with van der Waals surface area (Å²) in [6.07, 6.45) is 18.4. The summed E-state index contributed by atoms with van der Waals surface area (Å²) < 4.78 is 5.14. The Balaban J connectivity index is 3.16. The molecule has 0 spiro atoms. The summed E-state index contributed by atoms with van der Waals surface area (Å²) in [7, 11) is 0. The van der Waals surface area contributed by atoms with E-state index < -0.39 is 0 Å². The van der Waals surface area contributed by atoms with Crippen molar-refractivity contribution in [2.75, 3.05) is 6.61 Å². The van der Waals surface area contributed by atoms with Gasteiger partial charge in [-0.15, -0.1) is 0 Å². The molecule has 2 nitrogen and oxygen atoms in total. The van der Waals surface area contributed by atoms with Crippen molar-refractivity contribution < 1.29 is 9.53 Å². The van der Waals surface area contributed by atoms with E-state index in [4.69, 9.17) is 4.74 Å². The van der Waals surface area contributed by atoms with Crippen molar-refractivity contribution in [1.29, 1.82) is 0 Å². The number of ether oxygens (including phenoxy) is 1. The molecule has 0 fully saturated rings. The van der Waals surface area contributed by atoms with E-state index in [2.05, 4.69) is 6.92 Å². The lowest BCUT2D eigenvalue weighted by Crippen LogP contribution is -2.04. The molecule has 0 aliphatic heterocycles. The molecule has 0 aliphatic carbocycles. The monoisotopic (exact) mass is 310 g/mol. The summed E-state index contributed by atoms with van der Waals surface area (Å²) in [5, 5.41) is 0. The zero-order chi connectivity index (χ0) is 16.5. The number of allylic oxidation sites excluding steroid dienone is 1. The minimum Gasteiger partial charge on any atom is -0.461 e. The second-order valence-corrected chi connectivity index (χ2v) is 6.60. The predicted octanol–water partition coefficient (Wildman–Crippen LogP) is 6.59. The molecule has 0 aliphatic rings. The molecule has 0 aromatic heterocycles. The van der Waals surface area contributed by atoms with Gasteiger partial charge in [-0.2, -0.15) is 0 Å². The van der Waals surface area contributed by atoms with Gasteiger partial charge >= 0.3 is 5.97 Å². The summed E-state index contributed by atoms with van der Waals surface area (Å²) >= 11 is 0. The normalized spacial score (nSPS) is 10.5. The van der Waals surface area contributed by atoms with Gasteiger partial charge in [0.15, 0.2) is 0 Å². The van der Waals surface area contributed by atoms with Crippen LogP contribution in [0.4, 0.5) is 0 Å². The third-order valence-electron chi connectivity index (χ3n) is 3.97. The molecule has 130 valence electrons. The highest BCUT2D eigenvalue weighted by Crippen LogP contribution is 2.12. The Morgan fingerprint density at radius 2 is 1.23 bits per heavy atom. The molecule has 0 rings (SSSR count). The molecular weight excluding hydrogens is 272 g/mol. The van der Waals surface area contributed by atoms with Crippen LogP contribution in [-0.2, 0) is 9.53 Å². The molecule has 0 unspecified atom stereocenters. The van der Waals surface area contributed by atoms with E-state index in [1.54, 1.807) is 0 Å². The zero-order valence-corrected chi connectivity index (χ0v) is 15.3. The number of hydrogen-bond donors (Lipinski definition) is 0. The quantitative estimate of drug-likeness (QED) is 0.194. The van der Waals surface area contributed by atoms with Crippen molar-refractivity contribution in [2.45, 2.75) is 104 Å². The van der Waals surface area contributed by atoms with E-state index in [0.717, 1.165) is 12.8 Å². The predicted molar refractivity (Wildman–Crippen MR) is 96.1 cm³/mol. The van der Waals surface area contributed by atoms with Crippen molar-refractivity contribution in [2.24, 2.45) is 0 Å². The van der Waals surface area contributed by atoms with Gasteiger partial charge in [-0.05, 0) is 26.3 Å². The van der Waals surface area contributed by atoms with E-state index in [1.807, 2.05) is 19.9 Å². The average molecular weight is 311 g/mol. The molecule has 0 heterocycles. The van der Waals surface area contributed by atoms with Gasteiger partial charge in [-0.25, -0.2) is 0 Å². The molecule has 0 bridgehead atoms. The highest BCUT2D eigenvalue weighted by Gasteiger charge is 2.01. The minimum atomic E-state index is -0.0513. The standard InChI is InChI=1S/C20H38O2/c1-4-5-6-7-8-9-10-11-12-13-14-15-16-20(21)22-18-17-19(2)3/h17H,4-16,18H2,1-3H3.